The minimum absolute atomic E-state index is 0.00229. The summed E-state index contributed by atoms with van der Waals surface area (Å²) in [4.78, 5) is 16.6. The van der Waals surface area contributed by atoms with Crippen molar-refractivity contribution in [1.82, 2.24) is 16.0 Å². The number of thiophene rings is 1. The van der Waals surface area contributed by atoms with Crippen LogP contribution in [-0.2, 0) is 0 Å². The Balaban J connectivity index is 2.07. The summed E-state index contributed by atoms with van der Waals surface area (Å²) in [6.45, 7) is 2.34. The van der Waals surface area contributed by atoms with E-state index in [0.717, 1.165) is 36.1 Å². The topological polar surface area (TPSA) is 65.5 Å². The Hall–Kier alpha value is -1.21. The average molecular weight is 314 g/mol. The summed E-state index contributed by atoms with van der Waals surface area (Å²) >= 11 is 3.25. The van der Waals surface area contributed by atoms with Crippen LogP contribution in [0, 0.1) is 0 Å². The molecule has 0 bridgehead atoms. The summed E-state index contributed by atoms with van der Waals surface area (Å²) in [5.74, 6) is 1.86. The standard InChI is InChI=1S/C13H22N4OS2/c1-14-13(17-8-10-19-2)16-7-4-6-15-12(18)11-5-3-9-20-11/h3,5,9H,4,6-8,10H2,1-2H3,(H,15,18)(H2,14,16,17). The van der Waals surface area contributed by atoms with Crippen LogP contribution in [0.5, 0.6) is 0 Å². The summed E-state index contributed by atoms with van der Waals surface area (Å²) in [6.07, 6.45) is 2.94. The smallest absolute Gasteiger partial charge is 0.261 e. The fourth-order valence-corrected chi connectivity index (χ4v) is 2.43. The summed E-state index contributed by atoms with van der Waals surface area (Å²) in [7, 11) is 1.76. The van der Waals surface area contributed by atoms with E-state index in [9.17, 15) is 4.79 Å². The molecule has 1 rings (SSSR count). The lowest BCUT2D eigenvalue weighted by atomic mass is 10.4. The largest absolute Gasteiger partial charge is 0.356 e. The third-order valence-corrected chi connectivity index (χ3v) is 3.98. The van der Waals surface area contributed by atoms with E-state index < -0.39 is 0 Å². The molecular weight excluding hydrogens is 292 g/mol. The van der Waals surface area contributed by atoms with E-state index in [1.807, 2.05) is 17.5 Å². The van der Waals surface area contributed by atoms with E-state index in [-0.39, 0.29) is 5.91 Å². The third-order valence-electron chi connectivity index (χ3n) is 2.50. The van der Waals surface area contributed by atoms with Gasteiger partial charge in [-0.2, -0.15) is 11.8 Å². The molecule has 0 saturated heterocycles. The van der Waals surface area contributed by atoms with Gasteiger partial charge in [0.15, 0.2) is 5.96 Å². The summed E-state index contributed by atoms with van der Waals surface area (Å²) < 4.78 is 0. The fraction of sp³-hybridized carbons (Fsp3) is 0.538. The predicted molar refractivity (Wildman–Crippen MR) is 89.0 cm³/mol. The van der Waals surface area contributed by atoms with Crippen LogP contribution in [0.1, 0.15) is 16.1 Å². The Bertz CT molecular complexity index is 407. The average Bonchev–Trinajstić information content (AvgIpc) is 2.99. The monoisotopic (exact) mass is 314 g/mol. The molecule has 1 amide bonds. The summed E-state index contributed by atoms with van der Waals surface area (Å²) in [5, 5.41) is 11.2. The second-order valence-corrected chi connectivity index (χ2v) is 5.94. The Morgan fingerprint density at radius 3 is 2.70 bits per heavy atom. The molecule has 0 unspecified atom stereocenters. The van der Waals surface area contributed by atoms with E-state index >= 15 is 0 Å². The van der Waals surface area contributed by atoms with Crippen molar-refractivity contribution in [3.05, 3.63) is 22.4 Å². The minimum atomic E-state index is 0.00229. The number of carbonyl (C=O) groups excluding carboxylic acids is 1. The zero-order valence-corrected chi connectivity index (χ0v) is 13.6. The number of rotatable bonds is 8. The number of nitrogens with zero attached hydrogens (tertiary/aromatic N) is 1. The molecule has 20 heavy (non-hydrogen) atoms. The molecule has 7 heteroatoms. The molecule has 3 N–H and O–H groups in total. The van der Waals surface area contributed by atoms with Gasteiger partial charge in [-0.05, 0) is 24.1 Å². The van der Waals surface area contributed by atoms with Crippen molar-refractivity contribution in [2.75, 3.05) is 38.7 Å². The molecule has 0 radical (unpaired) electrons. The Morgan fingerprint density at radius 1 is 1.30 bits per heavy atom. The first-order chi connectivity index (χ1) is 9.77. The lowest BCUT2D eigenvalue weighted by molar-refractivity contribution is 0.0957. The van der Waals surface area contributed by atoms with Gasteiger partial charge in [0.25, 0.3) is 5.91 Å². The maximum atomic E-state index is 11.7. The Morgan fingerprint density at radius 2 is 2.05 bits per heavy atom. The first-order valence-corrected chi connectivity index (χ1v) is 8.80. The zero-order valence-electron chi connectivity index (χ0n) is 11.9. The van der Waals surface area contributed by atoms with Gasteiger partial charge in [-0.15, -0.1) is 11.3 Å². The number of amides is 1. The van der Waals surface area contributed by atoms with Gasteiger partial charge in [0, 0.05) is 32.4 Å². The van der Waals surface area contributed by atoms with E-state index in [2.05, 4.69) is 27.2 Å². The van der Waals surface area contributed by atoms with Crippen molar-refractivity contribution in [3.63, 3.8) is 0 Å². The first kappa shape index (κ1) is 16.8. The summed E-state index contributed by atoms with van der Waals surface area (Å²) in [6, 6.07) is 3.71. The molecule has 1 aromatic rings. The molecule has 1 heterocycles. The number of nitrogens with one attached hydrogen (secondary N) is 3. The summed E-state index contributed by atoms with van der Waals surface area (Å²) in [5.41, 5.74) is 0. The van der Waals surface area contributed by atoms with E-state index in [0.29, 0.717) is 6.54 Å². The Labute approximate surface area is 128 Å². The van der Waals surface area contributed by atoms with Crippen molar-refractivity contribution in [3.8, 4) is 0 Å². The molecule has 0 aliphatic carbocycles. The SMILES string of the molecule is CN=C(NCCCNC(=O)c1cccs1)NCCSC. The van der Waals surface area contributed by atoms with Crippen molar-refractivity contribution in [1.29, 1.82) is 0 Å². The quantitative estimate of drug-likeness (QED) is 0.385. The highest BCUT2D eigenvalue weighted by Gasteiger charge is 2.04. The number of guanidine groups is 1. The van der Waals surface area contributed by atoms with Gasteiger partial charge in [-0.3, -0.25) is 9.79 Å². The van der Waals surface area contributed by atoms with Crippen LogP contribution in [0.2, 0.25) is 0 Å². The van der Waals surface area contributed by atoms with Crippen molar-refractivity contribution >= 4 is 35.0 Å². The first-order valence-electron chi connectivity index (χ1n) is 6.53. The molecule has 0 aliphatic rings. The van der Waals surface area contributed by atoms with E-state index in [1.54, 1.807) is 18.8 Å². The van der Waals surface area contributed by atoms with E-state index in [1.165, 1.54) is 11.3 Å². The molecule has 0 fully saturated rings. The Kier molecular flexibility index (Phi) is 8.90. The van der Waals surface area contributed by atoms with Gasteiger partial charge in [0.2, 0.25) is 0 Å². The molecular formula is C13H22N4OS2. The molecule has 0 aliphatic heterocycles. The van der Waals surface area contributed by atoms with Crippen LogP contribution in [0.15, 0.2) is 22.5 Å². The van der Waals surface area contributed by atoms with Gasteiger partial charge in [0.1, 0.15) is 0 Å². The van der Waals surface area contributed by atoms with Gasteiger partial charge < -0.3 is 16.0 Å². The lowest BCUT2D eigenvalue weighted by Crippen LogP contribution is -2.39. The van der Waals surface area contributed by atoms with Crippen LogP contribution in [-0.4, -0.2) is 50.6 Å². The molecule has 0 saturated carbocycles. The molecule has 0 aromatic carbocycles. The highest BCUT2D eigenvalue weighted by atomic mass is 32.2. The second kappa shape index (κ2) is 10.6. The van der Waals surface area contributed by atoms with Gasteiger partial charge in [-0.25, -0.2) is 0 Å². The normalized spacial score (nSPS) is 11.2. The number of thioether (sulfide) groups is 1. The van der Waals surface area contributed by atoms with Gasteiger partial charge in [0.05, 0.1) is 4.88 Å². The molecule has 5 nitrogen and oxygen atoms in total. The number of hydrogen-bond acceptors (Lipinski definition) is 4. The lowest BCUT2D eigenvalue weighted by Gasteiger charge is -2.11. The zero-order chi connectivity index (χ0) is 14.6. The van der Waals surface area contributed by atoms with Gasteiger partial charge >= 0.3 is 0 Å². The number of hydrogen-bond donors (Lipinski definition) is 3. The van der Waals surface area contributed by atoms with Crippen LogP contribution in [0.4, 0.5) is 0 Å². The molecule has 0 atom stereocenters. The predicted octanol–water partition coefficient (Wildman–Crippen LogP) is 1.40. The van der Waals surface area contributed by atoms with Crippen molar-refractivity contribution in [2.45, 2.75) is 6.42 Å². The van der Waals surface area contributed by atoms with Crippen molar-refractivity contribution < 1.29 is 4.79 Å². The maximum absolute atomic E-state index is 11.7. The van der Waals surface area contributed by atoms with Crippen LogP contribution in [0.25, 0.3) is 0 Å². The maximum Gasteiger partial charge on any atom is 0.261 e. The van der Waals surface area contributed by atoms with Crippen molar-refractivity contribution in [2.24, 2.45) is 4.99 Å². The second-order valence-electron chi connectivity index (χ2n) is 4.01. The molecule has 0 spiro atoms. The number of carbonyl (C=O) groups is 1. The minimum Gasteiger partial charge on any atom is -0.356 e. The van der Waals surface area contributed by atoms with Gasteiger partial charge in [-0.1, -0.05) is 6.07 Å². The van der Waals surface area contributed by atoms with Crippen LogP contribution < -0.4 is 16.0 Å². The van der Waals surface area contributed by atoms with Crippen LogP contribution >= 0.6 is 23.1 Å². The third kappa shape index (κ3) is 6.81. The highest BCUT2D eigenvalue weighted by Crippen LogP contribution is 2.07. The highest BCUT2D eigenvalue weighted by molar-refractivity contribution is 7.98. The number of aliphatic imine (C=N–C) groups is 1. The van der Waals surface area contributed by atoms with Crippen LogP contribution in [0.3, 0.4) is 0 Å². The van der Waals surface area contributed by atoms with E-state index in [4.69, 9.17) is 0 Å². The fourth-order valence-electron chi connectivity index (χ4n) is 1.48. The molecule has 1 aromatic heterocycles. The molecule has 112 valence electrons.